The van der Waals surface area contributed by atoms with Crippen LogP contribution in [0.2, 0.25) is 13.1 Å². The zero-order valence-corrected chi connectivity index (χ0v) is 13.0. The maximum Gasteiger partial charge on any atom is 0.351 e. The van der Waals surface area contributed by atoms with Crippen LogP contribution in [0.15, 0.2) is 48.5 Å². The van der Waals surface area contributed by atoms with Gasteiger partial charge in [-0.2, -0.15) is 0 Å². The number of nitrogens with one attached hydrogen (secondary N) is 1. The Labute approximate surface area is 116 Å². The van der Waals surface area contributed by atoms with Crippen LogP contribution in [-0.2, 0) is 0 Å². The molecule has 0 radical (unpaired) electrons. The van der Waals surface area contributed by atoms with Crippen LogP contribution in [-0.4, -0.2) is 8.48 Å². The molecule has 100 valence electrons. The Bertz CT molecular complexity index is 532. The summed E-state index contributed by atoms with van der Waals surface area (Å²) in [6, 6.07) is 16.5. The predicted molar refractivity (Wildman–Crippen MR) is 84.1 cm³/mol. The Morgan fingerprint density at radius 3 is 2.00 bits per heavy atom. The third-order valence-corrected chi connectivity index (χ3v) is 4.59. The number of anilines is 1. The van der Waals surface area contributed by atoms with Gasteiger partial charge < -0.3 is 9.41 Å². The molecule has 0 aliphatic rings. The van der Waals surface area contributed by atoms with E-state index in [0.717, 1.165) is 11.4 Å². The molecule has 0 unspecified atom stereocenters. The van der Waals surface area contributed by atoms with E-state index in [2.05, 4.69) is 62.3 Å². The highest BCUT2D eigenvalue weighted by atomic mass is 28.4. The second-order valence-electron chi connectivity index (χ2n) is 5.32. The molecule has 0 aliphatic heterocycles. The summed E-state index contributed by atoms with van der Waals surface area (Å²) in [5.74, 6) is 1.02. The number of rotatable bonds is 4. The van der Waals surface area contributed by atoms with Gasteiger partial charge in [0.1, 0.15) is 5.75 Å². The van der Waals surface area contributed by atoms with Gasteiger partial charge in [-0.3, -0.25) is 0 Å². The highest BCUT2D eigenvalue weighted by molar-refractivity contribution is 6.75. The van der Waals surface area contributed by atoms with Gasteiger partial charge in [-0.05, 0) is 50.2 Å². The standard InChI is InChI=1S/C16H21NOSi/c1-13-9-8-10-14(2)16(13)18-19(3,4)17-15-11-6-5-7-12-15/h5-12,17H,1-4H3. The Balaban J connectivity index is 2.17. The van der Waals surface area contributed by atoms with Gasteiger partial charge in [0.15, 0.2) is 0 Å². The summed E-state index contributed by atoms with van der Waals surface area (Å²) >= 11 is 0. The molecule has 0 atom stereocenters. The zero-order chi connectivity index (χ0) is 13.9. The van der Waals surface area contributed by atoms with Crippen molar-refractivity contribution in [2.45, 2.75) is 26.9 Å². The van der Waals surface area contributed by atoms with Gasteiger partial charge in [-0.15, -0.1) is 0 Å². The van der Waals surface area contributed by atoms with E-state index in [-0.39, 0.29) is 0 Å². The van der Waals surface area contributed by atoms with Crippen molar-refractivity contribution in [1.29, 1.82) is 0 Å². The van der Waals surface area contributed by atoms with Gasteiger partial charge in [0.2, 0.25) is 0 Å². The molecule has 0 heterocycles. The molecular weight excluding hydrogens is 250 g/mol. The highest BCUT2D eigenvalue weighted by Crippen LogP contribution is 2.26. The molecule has 1 N–H and O–H groups in total. The summed E-state index contributed by atoms with van der Waals surface area (Å²) in [4.78, 5) is 3.54. The minimum Gasteiger partial charge on any atom is -0.525 e. The fourth-order valence-corrected chi connectivity index (χ4v) is 3.86. The quantitative estimate of drug-likeness (QED) is 0.827. The van der Waals surface area contributed by atoms with Crippen molar-refractivity contribution in [3.63, 3.8) is 0 Å². The summed E-state index contributed by atoms with van der Waals surface area (Å²) < 4.78 is 6.30. The molecule has 0 bridgehead atoms. The molecule has 2 aromatic rings. The minimum absolute atomic E-state index is 1.02. The van der Waals surface area contributed by atoms with Gasteiger partial charge >= 0.3 is 8.48 Å². The van der Waals surface area contributed by atoms with Gasteiger partial charge in [-0.1, -0.05) is 36.4 Å². The summed E-state index contributed by atoms with van der Waals surface area (Å²) in [7, 11) is -2.00. The molecule has 2 rings (SSSR count). The zero-order valence-electron chi connectivity index (χ0n) is 12.0. The van der Waals surface area contributed by atoms with Crippen LogP contribution in [0.3, 0.4) is 0 Å². The summed E-state index contributed by atoms with van der Waals surface area (Å²) in [6.45, 7) is 8.53. The lowest BCUT2D eigenvalue weighted by Gasteiger charge is -2.27. The van der Waals surface area contributed by atoms with Crippen LogP contribution < -0.4 is 9.41 Å². The first-order valence-corrected chi connectivity index (χ1v) is 9.47. The topological polar surface area (TPSA) is 21.3 Å². The molecule has 2 aromatic carbocycles. The Kier molecular flexibility index (Phi) is 3.95. The van der Waals surface area contributed by atoms with E-state index < -0.39 is 8.48 Å². The summed E-state index contributed by atoms with van der Waals surface area (Å²) in [5.41, 5.74) is 3.50. The first kappa shape index (κ1) is 13.7. The molecular formula is C16H21NOSi. The van der Waals surface area contributed by atoms with Gasteiger partial charge in [-0.25, -0.2) is 0 Å². The SMILES string of the molecule is Cc1cccc(C)c1O[Si](C)(C)Nc1ccccc1. The van der Waals surface area contributed by atoms with Gasteiger partial charge in [0.25, 0.3) is 0 Å². The van der Waals surface area contributed by atoms with Crippen LogP contribution in [0.1, 0.15) is 11.1 Å². The van der Waals surface area contributed by atoms with Crippen molar-refractivity contribution in [2.24, 2.45) is 0 Å². The van der Waals surface area contributed by atoms with Crippen molar-refractivity contribution < 1.29 is 4.43 Å². The van der Waals surface area contributed by atoms with E-state index in [1.54, 1.807) is 0 Å². The highest BCUT2D eigenvalue weighted by Gasteiger charge is 2.26. The van der Waals surface area contributed by atoms with Crippen molar-refractivity contribution in [3.8, 4) is 5.75 Å². The van der Waals surface area contributed by atoms with E-state index in [1.807, 2.05) is 18.2 Å². The number of hydrogen-bond acceptors (Lipinski definition) is 2. The van der Waals surface area contributed by atoms with Crippen LogP contribution in [0.4, 0.5) is 5.69 Å². The third kappa shape index (κ3) is 3.61. The molecule has 2 nitrogen and oxygen atoms in total. The van der Waals surface area contributed by atoms with Gasteiger partial charge in [0, 0.05) is 5.69 Å². The van der Waals surface area contributed by atoms with Crippen molar-refractivity contribution in [1.82, 2.24) is 0 Å². The van der Waals surface area contributed by atoms with E-state index in [4.69, 9.17) is 4.43 Å². The van der Waals surface area contributed by atoms with Crippen LogP contribution >= 0.6 is 0 Å². The van der Waals surface area contributed by atoms with Crippen LogP contribution in [0, 0.1) is 13.8 Å². The van der Waals surface area contributed by atoms with E-state index in [0.29, 0.717) is 0 Å². The van der Waals surface area contributed by atoms with Crippen LogP contribution in [0.25, 0.3) is 0 Å². The van der Waals surface area contributed by atoms with Crippen LogP contribution in [0.5, 0.6) is 5.75 Å². The minimum atomic E-state index is -2.00. The maximum atomic E-state index is 6.30. The number of para-hydroxylation sites is 2. The number of benzene rings is 2. The van der Waals surface area contributed by atoms with E-state index in [1.165, 1.54) is 11.1 Å². The van der Waals surface area contributed by atoms with Crippen molar-refractivity contribution in [3.05, 3.63) is 59.7 Å². The molecule has 0 fully saturated rings. The predicted octanol–water partition coefficient (Wildman–Crippen LogP) is 4.50. The molecule has 0 aromatic heterocycles. The molecule has 0 saturated carbocycles. The second-order valence-corrected chi connectivity index (χ2v) is 8.80. The number of aryl methyl sites for hydroxylation is 2. The first-order chi connectivity index (χ1) is 8.98. The smallest absolute Gasteiger partial charge is 0.351 e. The number of hydrogen-bond donors (Lipinski definition) is 1. The third-order valence-electron chi connectivity index (χ3n) is 2.99. The first-order valence-electron chi connectivity index (χ1n) is 6.56. The summed E-state index contributed by atoms with van der Waals surface area (Å²) in [6.07, 6.45) is 0. The van der Waals surface area contributed by atoms with Crippen molar-refractivity contribution >= 4 is 14.2 Å². The molecule has 0 aliphatic carbocycles. The second kappa shape index (κ2) is 5.49. The normalized spacial score (nSPS) is 11.2. The average molecular weight is 271 g/mol. The molecule has 0 spiro atoms. The Morgan fingerprint density at radius 2 is 1.42 bits per heavy atom. The lowest BCUT2D eigenvalue weighted by molar-refractivity contribution is 0.548. The van der Waals surface area contributed by atoms with Crippen molar-refractivity contribution in [2.75, 3.05) is 4.98 Å². The molecule has 0 saturated heterocycles. The largest absolute Gasteiger partial charge is 0.525 e. The molecule has 0 amide bonds. The van der Waals surface area contributed by atoms with E-state index in [9.17, 15) is 0 Å². The Morgan fingerprint density at radius 1 is 0.842 bits per heavy atom. The average Bonchev–Trinajstić information content (AvgIpc) is 2.35. The van der Waals surface area contributed by atoms with Gasteiger partial charge in [0.05, 0.1) is 0 Å². The molecule has 3 heteroatoms. The summed E-state index contributed by atoms with van der Waals surface area (Å²) in [5, 5.41) is 0. The molecule has 19 heavy (non-hydrogen) atoms. The lowest BCUT2D eigenvalue weighted by atomic mass is 10.1. The van der Waals surface area contributed by atoms with E-state index >= 15 is 0 Å². The monoisotopic (exact) mass is 271 g/mol. The lowest BCUT2D eigenvalue weighted by Crippen LogP contribution is -2.44. The fourth-order valence-electron chi connectivity index (χ4n) is 2.11. The maximum absolute atomic E-state index is 6.30. The Hall–Kier alpha value is -1.74. The fraction of sp³-hybridized carbons (Fsp3) is 0.250.